The van der Waals surface area contributed by atoms with Crippen molar-refractivity contribution in [3.8, 4) is 0 Å². The van der Waals surface area contributed by atoms with Crippen molar-refractivity contribution >= 4 is 17.1 Å². The van der Waals surface area contributed by atoms with E-state index in [0.717, 1.165) is 74.4 Å². The molecule has 3 aromatic rings. The summed E-state index contributed by atoms with van der Waals surface area (Å²) >= 11 is 0. The number of amides is 1. The quantitative estimate of drug-likeness (QED) is 0.486. The highest BCUT2D eigenvalue weighted by Crippen LogP contribution is 2.24. The Balaban J connectivity index is 0.000000177. The van der Waals surface area contributed by atoms with E-state index in [2.05, 4.69) is 34.1 Å². The predicted octanol–water partition coefficient (Wildman–Crippen LogP) is 5.24. The number of likely N-dealkylation sites (tertiary alicyclic amines) is 2. The van der Waals surface area contributed by atoms with Crippen LogP contribution in [0.4, 0.5) is 14.5 Å². The molecule has 0 bridgehead atoms. The SMILES string of the molecule is CN1CCCC1.Fc1ccc(F)cc1.O=C(c1cnn2ccc(N3CCCC3)cc12)N1CCCCC1. The monoisotopic (exact) mass is 497 g/mol. The first-order valence-electron chi connectivity index (χ1n) is 13.1. The Labute approximate surface area is 212 Å². The normalized spacial score (nSPS) is 18.0. The van der Waals surface area contributed by atoms with Crippen molar-refractivity contribution in [2.45, 2.75) is 44.9 Å². The molecule has 6 rings (SSSR count). The number of aromatic nitrogens is 2. The summed E-state index contributed by atoms with van der Waals surface area (Å²) in [5.74, 6) is -0.689. The van der Waals surface area contributed by atoms with Crippen LogP contribution in [0, 0.1) is 11.6 Å². The molecule has 8 heteroatoms. The first-order valence-corrected chi connectivity index (χ1v) is 13.1. The van der Waals surface area contributed by atoms with Crippen molar-refractivity contribution in [3.63, 3.8) is 0 Å². The van der Waals surface area contributed by atoms with Crippen molar-refractivity contribution in [2.24, 2.45) is 0 Å². The van der Waals surface area contributed by atoms with E-state index in [1.165, 1.54) is 50.9 Å². The first kappa shape index (κ1) is 26.1. The highest BCUT2D eigenvalue weighted by atomic mass is 19.1. The lowest BCUT2D eigenvalue weighted by molar-refractivity contribution is 0.0726. The molecule has 6 nitrogen and oxygen atoms in total. The van der Waals surface area contributed by atoms with Gasteiger partial charge in [-0.3, -0.25) is 4.79 Å². The summed E-state index contributed by atoms with van der Waals surface area (Å²) < 4.78 is 25.7. The second kappa shape index (κ2) is 12.8. The van der Waals surface area contributed by atoms with Gasteiger partial charge in [-0.25, -0.2) is 13.3 Å². The third-order valence-corrected chi connectivity index (χ3v) is 6.98. The number of carbonyl (C=O) groups is 1. The van der Waals surface area contributed by atoms with Gasteiger partial charge in [-0.1, -0.05) is 0 Å². The number of hydrogen-bond acceptors (Lipinski definition) is 4. The van der Waals surface area contributed by atoms with E-state index in [0.29, 0.717) is 0 Å². The molecule has 5 heterocycles. The lowest BCUT2D eigenvalue weighted by Gasteiger charge is -2.26. The second-order valence-corrected chi connectivity index (χ2v) is 9.77. The molecule has 0 atom stereocenters. The van der Waals surface area contributed by atoms with E-state index >= 15 is 0 Å². The minimum atomic E-state index is -0.411. The zero-order chi connectivity index (χ0) is 25.3. The van der Waals surface area contributed by atoms with Crippen LogP contribution in [0.5, 0.6) is 0 Å². The molecule has 194 valence electrons. The molecule has 1 aromatic carbocycles. The molecule has 0 spiro atoms. The molecule has 0 aliphatic carbocycles. The van der Waals surface area contributed by atoms with Gasteiger partial charge in [-0.05, 0) is 101 Å². The molecule has 0 radical (unpaired) electrons. The maximum Gasteiger partial charge on any atom is 0.257 e. The molecule has 1 amide bonds. The highest BCUT2D eigenvalue weighted by molar-refractivity contribution is 6.01. The molecular formula is C28H37F2N5O. The summed E-state index contributed by atoms with van der Waals surface area (Å²) in [6.45, 7) is 6.61. The van der Waals surface area contributed by atoms with Crippen molar-refractivity contribution < 1.29 is 13.6 Å². The predicted molar refractivity (Wildman–Crippen MR) is 139 cm³/mol. The van der Waals surface area contributed by atoms with Crippen LogP contribution in [0.25, 0.3) is 5.52 Å². The fourth-order valence-corrected chi connectivity index (χ4v) is 4.88. The van der Waals surface area contributed by atoms with E-state index in [-0.39, 0.29) is 5.91 Å². The maximum atomic E-state index is 12.8. The average molecular weight is 498 g/mol. The van der Waals surface area contributed by atoms with E-state index in [9.17, 15) is 13.6 Å². The zero-order valence-corrected chi connectivity index (χ0v) is 21.2. The van der Waals surface area contributed by atoms with Crippen LogP contribution in [0.3, 0.4) is 0 Å². The van der Waals surface area contributed by atoms with Gasteiger partial charge in [0.2, 0.25) is 0 Å². The van der Waals surface area contributed by atoms with Gasteiger partial charge >= 0.3 is 0 Å². The first-order chi connectivity index (χ1) is 17.5. The number of piperidine rings is 1. The van der Waals surface area contributed by atoms with Gasteiger partial charge in [0.05, 0.1) is 17.3 Å². The molecule has 36 heavy (non-hydrogen) atoms. The molecular weight excluding hydrogens is 460 g/mol. The zero-order valence-electron chi connectivity index (χ0n) is 21.2. The smallest absolute Gasteiger partial charge is 0.257 e. The molecule has 2 aromatic heterocycles. The molecule has 3 saturated heterocycles. The van der Waals surface area contributed by atoms with Crippen LogP contribution in [0.2, 0.25) is 0 Å². The molecule has 3 aliphatic rings. The van der Waals surface area contributed by atoms with Crippen molar-refractivity contribution in [3.05, 3.63) is 66.0 Å². The number of anilines is 1. The van der Waals surface area contributed by atoms with Crippen LogP contribution < -0.4 is 4.90 Å². The van der Waals surface area contributed by atoms with Gasteiger partial charge in [0.1, 0.15) is 11.6 Å². The second-order valence-electron chi connectivity index (χ2n) is 9.77. The number of carbonyl (C=O) groups excluding carboxylic acids is 1. The largest absolute Gasteiger partial charge is 0.371 e. The van der Waals surface area contributed by atoms with Gasteiger partial charge in [0.15, 0.2) is 0 Å². The van der Waals surface area contributed by atoms with Crippen molar-refractivity contribution in [1.82, 2.24) is 19.4 Å². The fourth-order valence-electron chi connectivity index (χ4n) is 4.88. The van der Waals surface area contributed by atoms with Crippen LogP contribution in [0.15, 0.2) is 48.8 Å². The molecule has 0 saturated carbocycles. The Morgan fingerprint density at radius 2 is 1.33 bits per heavy atom. The Hall–Kier alpha value is -3.00. The van der Waals surface area contributed by atoms with E-state index in [1.54, 1.807) is 6.20 Å². The number of nitrogens with zero attached hydrogens (tertiary/aromatic N) is 5. The van der Waals surface area contributed by atoms with Crippen LogP contribution in [-0.2, 0) is 0 Å². The van der Waals surface area contributed by atoms with E-state index in [4.69, 9.17) is 0 Å². The fraction of sp³-hybridized carbons (Fsp3) is 0.500. The minimum absolute atomic E-state index is 0.133. The van der Waals surface area contributed by atoms with Gasteiger partial charge in [0, 0.05) is 38.1 Å². The number of hydrogen-bond donors (Lipinski definition) is 0. The highest BCUT2D eigenvalue weighted by Gasteiger charge is 2.22. The number of rotatable bonds is 2. The number of pyridine rings is 1. The lowest BCUT2D eigenvalue weighted by Crippen LogP contribution is -2.35. The van der Waals surface area contributed by atoms with Crippen molar-refractivity contribution in [1.29, 1.82) is 0 Å². The summed E-state index contributed by atoms with van der Waals surface area (Å²) in [6, 6.07) is 8.53. The maximum absolute atomic E-state index is 12.8. The van der Waals surface area contributed by atoms with E-state index in [1.807, 2.05) is 15.6 Å². The summed E-state index contributed by atoms with van der Waals surface area (Å²) in [4.78, 5) is 19.5. The van der Waals surface area contributed by atoms with Crippen LogP contribution in [0.1, 0.15) is 55.3 Å². The van der Waals surface area contributed by atoms with Gasteiger partial charge in [-0.2, -0.15) is 5.10 Å². The average Bonchev–Trinajstić information content (AvgIpc) is 3.69. The molecule has 0 N–H and O–H groups in total. The molecule has 0 unspecified atom stereocenters. The summed E-state index contributed by atoms with van der Waals surface area (Å²) in [5.41, 5.74) is 2.88. The summed E-state index contributed by atoms with van der Waals surface area (Å²) in [6.07, 6.45) is 12.5. The third kappa shape index (κ3) is 7.03. The summed E-state index contributed by atoms with van der Waals surface area (Å²) in [5, 5.41) is 4.35. The van der Waals surface area contributed by atoms with Crippen LogP contribution in [-0.4, -0.2) is 71.6 Å². The summed E-state index contributed by atoms with van der Waals surface area (Å²) in [7, 11) is 2.17. The number of benzene rings is 1. The van der Waals surface area contributed by atoms with Gasteiger partial charge < -0.3 is 14.7 Å². The Morgan fingerprint density at radius 3 is 1.89 bits per heavy atom. The van der Waals surface area contributed by atoms with Gasteiger partial charge in [0.25, 0.3) is 5.91 Å². The number of fused-ring (bicyclic) bond motifs is 1. The molecule has 3 fully saturated rings. The third-order valence-electron chi connectivity index (χ3n) is 6.98. The Bertz CT molecular complexity index is 1080. The van der Waals surface area contributed by atoms with Crippen LogP contribution >= 0.6 is 0 Å². The lowest BCUT2D eigenvalue weighted by atomic mass is 10.1. The topological polar surface area (TPSA) is 44.1 Å². The molecule has 3 aliphatic heterocycles. The van der Waals surface area contributed by atoms with Gasteiger partial charge in [-0.15, -0.1) is 0 Å². The standard InChI is InChI=1S/C17H22N4O.C6H4F2.C5H11N/c22-17(20-9-2-1-3-10-20)15-13-18-21-11-6-14(12-16(15)21)19-7-4-5-8-19;7-5-1-2-6(8)4-3-5;1-6-4-2-3-5-6/h6,11-13H,1-5,7-10H2;1-4H;2-5H2,1H3. The Kier molecular flexibility index (Phi) is 9.28. The van der Waals surface area contributed by atoms with E-state index < -0.39 is 11.6 Å². The number of halogens is 2. The van der Waals surface area contributed by atoms with Crippen molar-refractivity contribution in [2.75, 3.05) is 51.2 Å². The Morgan fingerprint density at radius 1 is 0.778 bits per heavy atom. The minimum Gasteiger partial charge on any atom is -0.371 e.